The van der Waals surface area contributed by atoms with Gasteiger partial charge in [-0.3, -0.25) is 9.59 Å². The highest BCUT2D eigenvalue weighted by Crippen LogP contribution is 2.35. The van der Waals surface area contributed by atoms with Gasteiger partial charge in [-0.05, 0) is 67.8 Å². The van der Waals surface area contributed by atoms with Crippen LogP contribution in [0.4, 0.5) is 17.1 Å². The molecule has 32 heavy (non-hydrogen) atoms. The first-order valence-electron chi connectivity index (χ1n) is 10.6. The molecule has 1 heterocycles. The Labute approximate surface area is 189 Å². The van der Waals surface area contributed by atoms with Crippen LogP contribution < -0.4 is 15.1 Å². The van der Waals surface area contributed by atoms with Crippen molar-refractivity contribution in [2.75, 3.05) is 29.2 Å². The van der Waals surface area contributed by atoms with Gasteiger partial charge in [-0.15, -0.1) is 0 Å². The number of amides is 2. The molecule has 0 fully saturated rings. The average molecular weight is 426 g/mol. The number of nitrogens with zero attached hydrogens (tertiary/aromatic N) is 2. The third-order valence-corrected chi connectivity index (χ3v) is 5.52. The number of aryl methyl sites for hydroxylation is 3. The smallest absolute Gasteiger partial charge is 0.282 e. The van der Waals surface area contributed by atoms with Crippen molar-refractivity contribution < 1.29 is 9.59 Å². The largest absolute Gasteiger partial charge is 0.378 e. The van der Waals surface area contributed by atoms with Gasteiger partial charge in [0.25, 0.3) is 11.8 Å². The molecule has 0 saturated carbocycles. The van der Waals surface area contributed by atoms with E-state index in [9.17, 15) is 9.59 Å². The molecule has 0 radical (unpaired) electrons. The molecule has 0 spiro atoms. The fraction of sp³-hybridized carbons (Fsp3) is 0.185. The third-order valence-electron chi connectivity index (χ3n) is 5.52. The Bertz CT molecular complexity index is 1220. The average Bonchev–Trinajstić information content (AvgIpc) is 2.97. The van der Waals surface area contributed by atoms with Crippen LogP contribution in [0.5, 0.6) is 0 Å². The maximum atomic E-state index is 13.6. The molecule has 0 aliphatic carbocycles. The Balaban J connectivity index is 1.83. The monoisotopic (exact) mass is 425 g/mol. The van der Waals surface area contributed by atoms with Crippen molar-refractivity contribution in [3.05, 3.63) is 94.7 Å². The Morgan fingerprint density at radius 2 is 1.41 bits per heavy atom. The van der Waals surface area contributed by atoms with E-state index in [1.165, 1.54) is 4.90 Å². The number of rotatable bonds is 5. The summed E-state index contributed by atoms with van der Waals surface area (Å²) in [6.45, 7) is 6.01. The van der Waals surface area contributed by atoms with Crippen molar-refractivity contribution in [1.82, 2.24) is 0 Å². The number of benzene rings is 3. The summed E-state index contributed by atoms with van der Waals surface area (Å²) in [7, 11) is 3.85. The predicted molar refractivity (Wildman–Crippen MR) is 131 cm³/mol. The molecular formula is C27H27N3O2. The SMILES string of the molecule is Cc1ccc(C2=C(Nc3cc(C)cc(C)c3)C(=O)N(c3cccc(N(C)C)c3)C2=O)cc1. The van der Waals surface area contributed by atoms with Crippen LogP contribution in [-0.2, 0) is 9.59 Å². The first-order valence-corrected chi connectivity index (χ1v) is 10.6. The molecule has 0 atom stereocenters. The van der Waals surface area contributed by atoms with E-state index in [1.54, 1.807) is 6.07 Å². The fourth-order valence-corrected chi connectivity index (χ4v) is 3.97. The van der Waals surface area contributed by atoms with E-state index in [1.807, 2.05) is 94.4 Å². The molecule has 1 N–H and O–H groups in total. The molecule has 5 nitrogen and oxygen atoms in total. The summed E-state index contributed by atoms with van der Waals surface area (Å²) in [6.07, 6.45) is 0. The van der Waals surface area contributed by atoms with E-state index in [4.69, 9.17) is 0 Å². The van der Waals surface area contributed by atoms with Crippen LogP contribution in [-0.4, -0.2) is 25.9 Å². The molecule has 1 aliphatic heterocycles. The zero-order chi connectivity index (χ0) is 23.0. The lowest BCUT2D eigenvalue weighted by atomic mass is 10.0. The number of imide groups is 1. The molecule has 5 heteroatoms. The van der Waals surface area contributed by atoms with Crippen molar-refractivity contribution in [1.29, 1.82) is 0 Å². The van der Waals surface area contributed by atoms with Gasteiger partial charge in [-0.2, -0.15) is 0 Å². The van der Waals surface area contributed by atoms with E-state index < -0.39 is 0 Å². The minimum atomic E-state index is -0.361. The summed E-state index contributed by atoms with van der Waals surface area (Å²) in [5.74, 6) is -0.692. The van der Waals surface area contributed by atoms with Crippen molar-refractivity contribution in [3.63, 3.8) is 0 Å². The molecule has 3 aromatic rings. The zero-order valence-electron chi connectivity index (χ0n) is 19.1. The number of hydrogen-bond donors (Lipinski definition) is 1. The summed E-state index contributed by atoms with van der Waals surface area (Å²) in [6, 6.07) is 21.1. The molecule has 0 unspecified atom stereocenters. The van der Waals surface area contributed by atoms with E-state index in [0.717, 1.165) is 28.1 Å². The zero-order valence-corrected chi connectivity index (χ0v) is 19.1. The summed E-state index contributed by atoms with van der Waals surface area (Å²) < 4.78 is 0. The van der Waals surface area contributed by atoms with Crippen LogP contribution in [0.2, 0.25) is 0 Å². The Morgan fingerprint density at radius 3 is 2.03 bits per heavy atom. The number of carbonyl (C=O) groups is 2. The lowest BCUT2D eigenvalue weighted by molar-refractivity contribution is -0.120. The predicted octanol–water partition coefficient (Wildman–Crippen LogP) is 5.07. The van der Waals surface area contributed by atoms with Gasteiger partial charge >= 0.3 is 0 Å². The van der Waals surface area contributed by atoms with Gasteiger partial charge in [0, 0.05) is 25.5 Å². The molecular weight excluding hydrogens is 398 g/mol. The lowest BCUT2D eigenvalue weighted by Crippen LogP contribution is -2.32. The van der Waals surface area contributed by atoms with E-state index in [2.05, 4.69) is 11.4 Å². The number of nitrogens with one attached hydrogen (secondary N) is 1. The molecule has 0 aromatic heterocycles. The second-order valence-corrected chi connectivity index (χ2v) is 8.48. The highest BCUT2D eigenvalue weighted by atomic mass is 16.2. The highest BCUT2D eigenvalue weighted by molar-refractivity contribution is 6.46. The first-order chi connectivity index (χ1) is 15.2. The summed E-state index contributed by atoms with van der Waals surface area (Å²) in [4.78, 5) is 30.4. The van der Waals surface area contributed by atoms with Gasteiger partial charge < -0.3 is 10.2 Å². The maximum Gasteiger partial charge on any atom is 0.282 e. The fourth-order valence-electron chi connectivity index (χ4n) is 3.97. The van der Waals surface area contributed by atoms with E-state index in [-0.39, 0.29) is 11.8 Å². The number of carbonyl (C=O) groups excluding carboxylic acids is 2. The van der Waals surface area contributed by atoms with Crippen molar-refractivity contribution in [2.24, 2.45) is 0 Å². The Kier molecular flexibility index (Phi) is 5.57. The van der Waals surface area contributed by atoms with Crippen LogP contribution in [0.25, 0.3) is 5.57 Å². The van der Waals surface area contributed by atoms with Crippen LogP contribution in [0.3, 0.4) is 0 Å². The quantitative estimate of drug-likeness (QED) is 0.580. The topological polar surface area (TPSA) is 52.7 Å². The third kappa shape index (κ3) is 4.02. The number of hydrogen-bond acceptors (Lipinski definition) is 4. The summed E-state index contributed by atoms with van der Waals surface area (Å²) >= 11 is 0. The maximum absolute atomic E-state index is 13.6. The van der Waals surface area contributed by atoms with Crippen molar-refractivity contribution in [3.8, 4) is 0 Å². The van der Waals surface area contributed by atoms with Crippen molar-refractivity contribution >= 4 is 34.4 Å². The van der Waals surface area contributed by atoms with E-state index >= 15 is 0 Å². The first kappa shape index (κ1) is 21.4. The highest BCUT2D eigenvalue weighted by Gasteiger charge is 2.40. The summed E-state index contributed by atoms with van der Waals surface area (Å²) in [5.41, 5.74) is 6.88. The molecule has 1 aliphatic rings. The Hall–Kier alpha value is -3.86. The standard InChI is InChI=1S/C27H27N3O2/c1-17-9-11-20(12-10-17)24-25(28-21-14-18(2)13-19(3)15-21)27(32)30(26(24)31)23-8-6-7-22(16-23)29(4)5/h6-16,28H,1-5H3. The normalized spacial score (nSPS) is 13.7. The van der Waals surface area contributed by atoms with Gasteiger partial charge in [-0.1, -0.05) is 42.0 Å². The van der Waals surface area contributed by atoms with Gasteiger partial charge in [0.1, 0.15) is 5.70 Å². The van der Waals surface area contributed by atoms with Crippen molar-refractivity contribution in [2.45, 2.75) is 20.8 Å². The van der Waals surface area contributed by atoms with Crippen LogP contribution in [0.15, 0.2) is 72.4 Å². The molecule has 0 bridgehead atoms. The second kappa shape index (κ2) is 8.35. The number of anilines is 3. The van der Waals surface area contributed by atoms with E-state index in [0.29, 0.717) is 22.5 Å². The second-order valence-electron chi connectivity index (χ2n) is 8.48. The minimum Gasteiger partial charge on any atom is -0.378 e. The molecule has 4 rings (SSSR count). The van der Waals surface area contributed by atoms with Gasteiger partial charge in [0.15, 0.2) is 0 Å². The molecule has 2 amide bonds. The van der Waals surface area contributed by atoms with Gasteiger partial charge in [-0.25, -0.2) is 4.90 Å². The van der Waals surface area contributed by atoms with Crippen LogP contribution in [0, 0.1) is 20.8 Å². The minimum absolute atomic E-state index is 0.291. The Morgan fingerprint density at radius 1 is 0.750 bits per heavy atom. The van der Waals surface area contributed by atoms with Crippen LogP contribution >= 0.6 is 0 Å². The summed E-state index contributed by atoms with van der Waals surface area (Å²) in [5, 5.41) is 3.26. The van der Waals surface area contributed by atoms with Crippen LogP contribution in [0.1, 0.15) is 22.3 Å². The van der Waals surface area contributed by atoms with Gasteiger partial charge in [0.2, 0.25) is 0 Å². The molecule has 162 valence electrons. The molecule has 0 saturated heterocycles. The lowest BCUT2D eigenvalue weighted by Gasteiger charge is -2.19. The molecule has 3 aromatic carbocycles. The van der Waals surface area contributed by atoms with Gasteiger partial charge in [0.05, 0.1) is 11.3 Å².